The summed E-state index contributed by atoms with van der Waals surface area (Å²) in [4.78, 5) is 27.6. The first kappa shape index (κ1) is 24.6. The smallest absolute Gasteiger partial charge is 0.276 e. The number of hydrogen-bond donors (Lipinski definition) is 1. The Balaban J connectivity index is 0.00000274. The molecule has 0 unspecified atom stereocenters. The van der Waals surface area contributed by atoms with Crippen molar-refractivity contribution in [3.05, 3.63) is 61.7 Å². The van der Waals surface area contributed by atoms with Crippen molar-refractivity contribution in [2.45, 2.75) is 51.6 Å². The van der Waals surface area contributed by atoms with E-state index in [1.807, 2.05) is 13.8 Å². The third kappa shape index (κ3) is 4.08. The summed E-state index contributed by atoms with van der Waals surface area (Å²) in [6.45, 7) is 4.15. The predicted octanol–water partition coefficient (Wildman–Crippen LogP) is 3.86. The minimum atomic E-state index is -0.705. The molecule has 1 saturated heterocycles. The molecule has 4 heterocycles. The van der Waals surface area contributed by atoms with E-state index in [0.717, 1.165) is 11.3 Å². The summed E-state index contributed by atoms with van der Waals surface area (Å²) >= 11 is 6.95. The van der Waals surface area contributed by atoms with Gasteiger partial charge in [0.25, 0.3) is 5.91 Å². The number of aromatic hydroxyl groups is 1. The Morgan fingerprint density at radius 3 is 2.82 bits per heavy atom. The van der Waals surface area contributed by atoms with Crippen molar-refractivity contribution in [3.8, 4) is 16.3 Å². The quantitative estimate of drug-likeness (QED) is 0.556. The SMILES string of the molecule is C[C@@H]1C[C@@H](C)N2C(=O)c3c(O)c(=O)c(-c4nnc(Cc5cccc(Cl)c5F)s4)cn3C[C@@H]2O1.Cl. The van der Waals surface area contributed by atoms with Crippen LogP contribution < -0.4 is 5.43 Å². The molecule has 3 atom stereocenters. The van der Waals surface area contributed by atoms with Crippen LogP contribution in [0.2, 0.25) is 5.02 Å². The Morgan fingerprint density at radius 2 is 2.06 bits per heavy atom. The molecule has 3 aromatic rings. The van der Waals surface area contributed by atoms with Crippen molar-refractivity contribution in [2.75, 3.05) is 0 Å². The van der Waals surface area contributed by atoms with Crippen molar-refractivity contribution < 1.29 is 19.0 Å². The molecule has 8 nitrogen and oxygen atoms in total. The molecule has 0 saturated carbocycles. The maximum atomic E-state index is 14.2. The maximum Gasteiger partial charge on any atom is 0.276 e. The zero-order valence-corrected chi connectivity index (χ0v) is 20.6. The van der Waals surface area contributed by atoms with E-state index in [2.05, 4.69) is 10.2 Å². The van der Waals surface area contributed by atoms with Crippen LogP contribution in [0.25, 0.3) is 10.6 Å². The van der Waals surface area contributed by atoms with Crippen LogP contribution >= 0.6 is 35.3 Å². The van der Waals surface area contributed by atoms with E-state index in [0.29, 0.717) is 17.0 Å². The summed E-state index contributed by atoms with van der Waals surface area (Å²) in [5, 5.41) is 19.6. The van der Waals surface area contributed by atoms with Crippen molar-refractivity contribution >= 4 is 41.3 Å². The molecule has 0 bridgehead atoms. The highest BCUT2D eigenvalue weighted by molar-refractivity contribution is 7.14. The first-order valence-electron chi connectivity index (χ1n) is 10.4. The number of fused-ring (bicyclic) bond motifs is 2. The van der Waals surface area contributed by atoms with Gasteiger partial charge in [-0.1, -0.05) is 35.1 Å². The van der Waals surface area contributed by atoms with E-state index >= 15 is 0 Å². The van der Waals surface area contributed by atoms with E-state index < -0.39 is 29.1 Å². The van der Waals surface area contributed by atoms with Gasteiger partial charge in [0.1, 0.15) is 10.8 Å². The predicted molar refractivity (Wildman–Crippen MR) is 127 cm³/mol. The number of pyridine rings is 1. The number of halogens is 3. The van der Waals surface area contributed by atoms with Gasteiger partial charge in [-0.25, -0.2) is 4.39 Å². The second-order valence-corrected chi connectivity index (χ2v) is 9.78. The molecule has 0 radical (unpaired) electrons. The van der Waals surface area contributed by atoms with Crippen LogP contribution in [0, 0.1) is 5.82 Å². The lowest BCUT2D eigenvalue weighted by Crippen LogP contribution is -2.58. The lowest BCUT2D eigenvalue weighted by atomic mass is 10.0. The van der Waals surface area contributed by atoms with Crippen molar-refractivity contribution in [1.29, 1.82) is 0 Å². The zero-order chi connectivity index (χ0) is 23.4. The van der Waals surface area contributed by atoms with E-state index in [4.69, 9.17) is 16.3 Å². The third-order valence-corrected chi connectivity index (χ3v) is 7.21. The molecular weight excluding hydrogens is 506 g/mol. The first-order chi connectivity index (χ1) is 15.7. The van der Waals surface area contributed by atoms with Gasteiger partial charge in [-0.3, -0.25) is 9.59 Å². The Hall–Kier alpha value is -2.53. The van der Waals surface area contributed by atoms with E-state index in [1.165, 1.54) is 16.8 Å². The summed E-state index contributed by atoms with van der Waals surface area (Å²) in [6, 6.07) is 4.63. The lowest BCUT2D eigenvalue weighted by Gasteiger charge is -2.46. The fraction of sp³-hybridized carbons (Fsp3) is 0.364. The summed E-state index contributed by atoms with van der Waals surface area (Å²) in [7, 11) is 0. The average molecular weight is 527 g/mol. The molecule has 1 N–H and O–H groups in total. The van der Waals surface area contributed by atoms with E-state index in [1.54, 1.807) is 17.0 Å². The Bertz CT molecular complexity index is 1330. The highest BCUT2D eigenvalue weighted by Gasteiger charge is 2.42. The highest BCUT2D eigenvalue weighted by atomic mass is 35.5. The van der Waals surface area contributed by atoms with Gasteiger partial charge < -0.3 is 19.3 Å². The molecule has 1 amide bonds. The number of amides is 1. The second-order valence-electron chi connectivity index (χ2n) is 8.31. The summed E-state index contributed by atoms with van der Waals surface area (Å²) in [5.41, 5.74) is -0.289. The highest BCUT2D eigenvalue weighted by Crippen LogP contribution is 2.33. The molecule has 1 fully saturated rings. The Kier molecular flexibility index (Phi) is 6.69. The molecule has 2 aliphatic rings. The van der Waals surface area contributed by atoms with Gasteiger partial charge in [0.05, 0.1) is 23.2 Å². The number of rotatable bonds is 3. The molecule has 34 heavy (non-hydrogen) atoms. The van der Waals surface area contributed by atoms with Crippen molar-refractivity contribution in [1.82, 2.24) is 19.7 Å². The van der Waals surface area contributed by atoms with Gasteiger partial charge in [0.2, 0.25) is 5.43 Å². The van der Waals surface area contributed by atoms with Crippen molar-refractivity contribution in [2.24, 2.45) is 0 Å². The fourth-order valence-corrected chi connectivity index (χ4v) is 5.54. The minimum Gasteiger partial charge on any atom is -0.503 e. The fourth-order valence-electron chi connectivity index (χ4n) is 4.47. The van der Waals surface area contributed by atoms with Gasteiger partial charge >= 0.3 is 0 Å². The second kappa shape index (κ2) is 9.26. The largest absolute Gasteiger partial charge is 0.503 e. The van der Waals surface area contributed by atoms with E-state index in [9.17, 15) is 19.1 Å². The molecule has 5 rings (SSSR count). The van der Waals surface area contributed by atoms with Crippen LogP contribution in [0.4, 0.5) is 4.39 Å². The number of benzene rings is 1. The Labute approximate surface area is 209 Å². The van der Waals surface area contributed by atoms with Gasteiger partial charge in [-0.05, 0) is 31.9 Å². The molecular formula is C22H21Cl2FN4O4S. The van der Waals surface area contributed by atoms with Crippen LogP contribution in [0.5, 0.6) is 5.75 Å². The summed E-state index contributed by atoms with van der Waals surface area (Å²) in [6.07, 6.45) is 1.83. The first-order valence-corrected chi connectivity index (χ1v) is 11.6. The molecule has 1 aromatic carbocycles. The summed E-state index contributed by atoms with van der Waals surface area (Å²) < 4.78 is 21.7. The van der Waals surface area contributed by atoms with Crippen molar-refractivity contribution in [3.63, 3.8) is 0 Å². The van der Waals surface area contributed by atoms with Gasteiger partial charge in [-0.2, -0.15) is 0 Å². The standard InChI is InChI=1S/C22H20ClFN4O4S.ClH/c1-10-6-11(2)32-16-9-27-8-13(19(29)20(30)18(27)22(31)28(10)16)21-26-25-15(33-21)7-12-4-3-5-14(23)17(12)24;/h3-5,8,10-11,16,30H,6-7,9H2,1-2H3;1H/t10-,11-,16+;/m1./s1. The van der Waals surface area contributed by atoms with Crippen LogP contribution in [-0.2, 0) is 17.7 Å². The normalized spacial score (nSPS) is 21.6. The average Bonchev–Trinajstić information content (AvgIpc) is 3.21. The van der Waals surface area contributed by atoms with Crippen LogP contribution in [0.1, 0.15) is 41.3 Å². The number of nitrogens with zero attached hydrogens (tertiary/aromatic N) is 4. The number of hydrogen-bond acceptors (Lipinski definition) is 7. The number of ether oxygens (including phenoxy) is 1. The maximum absolute atomic E-state index is 14.2. The third-order valence-electron chi connectivity index (χ3n) is 5.96. The van der Waals surface area contributed by atoms with Crippen LogP contribution in [-0.4, -0.2) is 49.1 Å². The molecule has 2 aromatic heterocycles. The van der Waals surface area contributed by atoms with Crippen LogP contribution in [0.3, 0.4) is 0 Å². The number of carbonyl (C=O) groups is 1. The molecule has 180 valence electrons. The molecule has 0 spiro atoms. The minimum absolute atomic E-state index is 0. The molecule has 12 heteroatoms. The van der Waals surface area contributed by atoms with E-state index in [-0.39, 0.29) is 58.8 Å². The monoisotopic (exact) mass is 526 g/mol. The zero-order valence-electron chi connectivity index (χ0n) is 18.2. The number of carbonyl (C=O) groups excluding carboxylic acids is 1. The van der Waals surface area contributed by atoms with Gasteiger partial charge in [0, 0.05) is 18.7 Å². The molecule has 0 aliphatic carbocycles. The number of aromatic nitrogens is 3. The van der Waals surface area contributed by atoms with Gasteiger partial charge in [0.15, 0.2) is 22.7 Å². The van der Waals surface area contributed by atoms with Crippen LogP contribution in [0.15, 0.2) is 29.2 Å². The lowest BCUT2D eigenvalue weighted by molar-refractivity contribution is -0.146. The molecule has 2 aliphatic heterocycles. The topological polar surface area (TPSA) is 97.5 Å². The Morgan fingerprint density at radius 1 is 1.29 bits per heavy atom. The van der Waals surface area contributed by atoms with Gasteiger partial charge in [-0.15, -0.1) is 22.6 Å². The summed E-state index contributed by atoms with van der Waals surface area (Å²) in [5.74, 6) is -1.60.